The molecule has 0 radical (unpaired) electrons. The van der Waals surface area contributed by atoms with Crippen molar-refractivity contribution in [3.8, 4) is 5.75 Å². The Morgan fingerprint density at radius 1 is 1.58 bits per heavy atom. The number of thiocarbonyl (C=S) groups is 1. The van der Waals surface area contributed by atoms with E-state index in [4.69, 9.17) is 34.3 Å². The zero-order valence-corrected chi connectivity index (χ0v) is 12.5. The average molecular weight is 301 g/mol. The summed E-state index contributed by atoms with van der Waals surface area (Å²) in [7, 11) is 1.55. The van der Waals surface area contributed by atoms with Crippen molar-refractivity contribution < 1.29 is 9.53 Å². The van der Waals surface area contributed by atoms with Gasteiger partial charge in [0.2, 0.25) is 5.91 Å². The third-order valence-electron chi connectivity index (χ3n) is 2.67. The zero-order chi connectivity index (χ0) is 14.4. The Labute approximate surface area is 123 Å². The predicted octanol–water partition coefficient (Wildman–Crippen LogP) is 2.99. The highest BCUT2D eigenvalue weighted by Gasteiger charge is 2.21. The van der Waals surface area contributed by atoms with Gasteiger partial charge in [0.15, 0.2) is 0 Å². The second kappa shape index (κ2) is 7.31. The van der Waals surface area contributed by atoms with Gasteiger partial charge in [0.25, 0.3) is 0 Å². The number of benzene rings is 1. The van der Waals surface area contributed by atoms with Gasteiger partial charge in [-0.15, -0.1) is 0 Å². The number of rotatable bonds is 6. The fourth-order valence-corrected chi connectivity index (χ4v) is 2.03. The fraction of sp³-hybridized carbons (Fsp3) is 0.385. The van der Waals surface area contributed by atoms with Crippen molar-refractivity contribution in [2.24, 2.45) is 11.7 Å². The molecule has 0 aliphatic carbocycles. The van der Waals surface area contributed by atoms with Gasteiger partial charge in [-0.2, -0.15) is 0 Å². The summed E-state index contributed by atoms with van der Waals surface area (Å²) in [6.45, 7) is 1.97. The molecule has 0 saturated heterocycles. The number of anilines is 1. The first-order chi connectivity index (χ1) is 8.99. The minimum atomic E-state index is -0.484. The van der Waals surface area contributed by atoms with Crippen molar-refractivity contribution in [1.82, 2.24) is 0 Å². The molecule has 0 spiro atoms. The fourth-order valence-electron chi connectivity index (χ4n) is 1.64. The van der Waals surface area contributed by atoms with Crippen LogP contribution in [0.3, 0.4) is 0 Å². The van der Waals surface area contributed by atoms with Crippen LogP contribution in [0.4, 0.5) is 5.69 Å². The van der Waals surface area contributed by atoms with E-state index in [0.717, 1.165) is 6.42 Å². The molecule has 104 valence electrons. The highest BCUT2D eigenvalue weighted by molar-refractivity contribution is 7.80. The Bertz CT molecular complexity index is 480. The van der Waals surface area contributed by atoms with E-state index in [2.05, 4.69) is 5.32 Å². The van der Waals surface area contributed by atoms with Crippen LogP contribution in [0.1, 0.15) is 19.8 Å². The van der Waals surface area contributed by atoms with Crippen LogP contribution in [-0.2, 0) is 4.79 Å². The minimum absolute atomic E-state index is 0.193. The molecule has 19 heavy (non-hydrogen) atoms. The third-order valence-corrected chi connectivity index (χ3v) is 3.28. The van der Waals surface area contributed by atoms with Crippen LogP contribution in [-0.4, -0.2) is 18.0 Å². The number of nitrogens with two attached hydrogens (primary N) is 1. The average Bonchev–Trinajstić information content (AvgIpc) is 2.38. The summed E-state index contributed by atoms with van der Waals surface area (Å²) in [5.74, 6) is -0.117. The summed E-state index contributed by atoms with van der Waals surface area (Å²) >= 11 is 10.9. The largest absolute Gasteiger partial charge is 0.497 e. The molecule has 1 rings (SSSR count). The lowest BCUT2D eigenvalue weighted by atomic mass is 10.0. The smallest absolute Gasteiger partial charge is 0.234 e. The van der Waals surface area contributed by atoms with Crippen molar-refractivity contribution in [2.45, 2.75) is 19.8 Å². The second-order valence-electron chi connectivity index (χ2n) is 4.08. The van der Waals surface area contributed by atoms with Gasteiger partial charge in [0.1, 0.15) is 5.75 Å². The van der Waals surface area contributed by atoms with Crippen LogP contribution in [0.5, 0.6) is 5.75 Å². The van der Waals surface area contributed by atoms with E-state index >= 15 is 0 Å². The van der Waals surface area contributed by atoms with Gasteiger partial charge in [0.05, 0.1) is 28.7 Å². The minimum Gasteiger partial charge on any atom is -0.497 e. The van der Waals surface area contributed by atoms with E-state index in [9.17, 15) is 4.79 Å². The normalized spacial score (nSPS) is 11.7. The lowest BCUT2D eigenvalue weighted by molar-refractivity contribution is -0.118. The maximum atomic E-state index is 12.1. The third kappa shape index (κ3) is 4.36. The SMILES string of the molecule is CCCC(C(=O)Nc1cc(OC)ccc1Cl)C(N)=S. The Hall–Kier alpha value is -1.33. The van der Waals surface area contributed by atoms with E-state index < -0.39 is 5.92 Å². The number of carbonyl (C=O) groups excluding carboxylic acids is 1. The van der Waals surface area contributed by atoms with Crippen molar-refractivity contribution in [2.75, 3.05) is 12.4 Å². The molecule has 6 heteroatoms. The molecule has 3 N–H and O–H groups in total. The molecule has 0 heterocycles. The summed E-state index contributed by atoms with van der Waals surface area (Å²) in [6, 6.07) is 5.03. The molecule has 0 aliphatic heterocycles. The Morgan fingerprint density at radius 3 is 2.79 bits per heavy atom. The van der Waals surface area contributed by atoms with Gasteiger partial charge < -0.3 is 15.8 Å². The molecule has 4 nitrogen and oxygen atoms in total. The molecule has 0 fully saturated rings. The molecule has 0 saturated carbocycles. The van der Waals surface area contributed by atoms with Gasteiger partial charge in [-0.3, -0.25) is 4.79 Å². The number of amides is 1. The van der Waals surface area contributed by atoms with Crippen molar-refractivity contribution >= 4 is 40.4 Å². The van der Waals surface area contributed by atoms with Crippen LogP contribution in [0.2, 0.25) is 5.02 Å². The zero-order valence-electron chi connectivity index (χ0n) is 10.9. The van der Waals surface area contributed by atoms with E-state index in [0.29, 0.717) is 22.9 Å². The van der Waals surface area contributed by atoms with Gasteiger partial charge >= 0.3 is 0 Å². The Balaban J connectivity index is 2.88. The molecule has 1 atom stereocenters. The number of hydrogen-bond donors (Lipinski definition) is 2. The summed E-state index contributed by atoms with van der Waals surface area (Å²) in [5.41, 5.74) is 6.07. The number of methoxy groups -OCH3 is 1. The monoisotopic (exact) mass is 300 g/mol. The summed E-state index contributed by atoms with van der Waals surface area (Å²) in [5, 5.41) is 3.17. The van der Waals surface area contributed by atoms with Crippen molar-refractivity contribution in [3.05, 3.63) is 23.2 Å². The molecule has 1 unspecified atom stereocenters. The van der Waals surface area contributed by atoms with Crippen LogP contribution >= 0.6 is 23.8 Å². The first kappa shape index (κ1) is 15.7. The van der Waals surface area contributed by atoms with E-state index in [1.165, 1.54) is 0 Å². The number of carbonyl (C=O) groups is 1. The quantitative estimate of drug-likeness (QED) is 0.793. The second-order valence-corrected chi connectivity index (χ2v) is 4.96. The van der Waals surface area contributed by atoms with E-state index in [1.54, 1.807) is 25.3 Å². The number of hydrogen-bond acceptors (Lipinski definition) is 3. The van der Waals surface area contributed by atoms with E-state index in [-0.39, 0.29) is 10.9 Å². The van der Waals surface area contributed by atoms with Crippen LogP contribution < -0.4 is 15.8 Å². The maximum Gasteiger partial charge on any atom is 0.234 e. The molecular weight excluding hydrogens is 284 g/mol. The van der Waals surface area contributed by atoms with E-state index in [1.807, 2.05) is 6.92 Å². The highest BCUT2D eigenvalue weighted by atomic mass is 35.5. The molecule has 1 amide bonds. The molecule has 0 aliphatic rings. The van der Waals surface area contributed by atoms with Crippen LogP contribution in [0.15, 0.2) is 18.2 Å². The first-order valence-electron chi connectivity index (χ1n) is 5.93. The number of nitrogens with one attached hydrogen (secondary N) is 1. The maximum absolute atomic E-state index is 12.1. The van der Waals surface area contributed by atoms with Crippen molar-refractivity contribution in [3.63, 3.8) is 0 Å². The standard InChI is InChI=1S/C13H17ClN2O2S/c1-3-4-9(12(15)19)13(17)16-11-7-8(18-2)5-6-10(11)14/h5-7,9H,3-4H2,1-2H3,(H2,15,19)(H,16,17). The van der Waals surface area contributed by atoms with Crippen LogP contribution in [0, 0.1) is 5.92 Å². The van der Waals surface area contributed by atoms with Gasteiger partial charge in [-0.05, 0) is 18.6 Å². The summed E-state index contributed by atoms with van der Waals surface area (Å²) < 4.78 is 5.09. The van der Waals surface area contributed by atoms with Crippen molar-refractivity contribution in [1.29, 1.82) is 0 Å². The highest BCUT2D eigenvalue weighted by Crippen LogP contribution is 2.27. The Morgan fingerprint density at radius 2 is 2.26 bits per heavy atom. The summed E-state index contributed by atoms with van der Waals surface area (Å²) in [6.07, 6.45) is 1.43. The van der Waals surface area contributed by atoms with Gasteiger partial charge in [-0.25, -0.2) is 0 Å². The summed E-state index contributed by atoms with van der Waals surface area (Å²) in [4.78, 5) is 12.3. The molecular formula is C13H17ClN2O2S. The predicted molar refractivity (Wildman–Crippen MR) is 81.8 cm³/mol. The lowest BCUT2D eigenvalue weighted by Crippen LogP contribution is -2.33. The van der Waals surface area contributed by atoms with Gasteiger partial charge in [0, 0.05) is 6.07 Å². The van der Waals surface area contributed by atoms with Gasteiger partial charge in [-0.1, -0.05) is 37.2 Å². The first-order valence-corrected chi connectivity index (χ1v) is 6.72. The Kier molecular flexibility index (Phi) is 6.05. The molecule has 1 aromatic carbocycles. The molecule has 0 aromatic heterocycles. The topological polar surface area (TPSA) is 64.3 Å². The van der Waals surface area contributed by atoms with Crippen LogP contribution in [0.25, 0.3) is 0 Å². The molecule has 0 bridgehead atoms. The number of halogens is 1. The molecule has 1 aromatic rings. The number of ether oxygens (including phenoxy) is 1. The lowest BCUT2D eigenvalue weighted by Gasteiger charge is -2.15.